The summed E-state index contributed by atoms with van der Waals surface area (Å²) >= 11 is 0. The molecule has 2 aromatic rings. The molecule has 0 aliphatic carbocycles. The van der Waals surface area contributed by atoms with Crippen LogP contribution in [0.25, 0.3) is 0 Å². The average molecular weight is 285 g/mol. The van der Waals surface area contributed by atoms with Gasteiger partial charge in [-0.15, -0.1) is 0 Å². The first kappa shape index (κ1) is 15.8. The first-order valence-corrected chi connectivity index (χ1v) is 7.94. The number of hydrogen-bond acceptors (Lipinski definition) is 2. The number of nitrogens with zero attached hydrogens (tertiary/aromatic N) is 2. The maximum Gasteiger partial charge on any atom is 0.0521 e. The van der Waals surface area contributed by atoms with Crippen molar-refractivity contribution in [2.45, 2.75) is 45.6 Å². The summed E-state index contributed by atoms with van der Waals surface area (Å²) in [7, 11) is 1.98. The van der Waals surface area contributed by atoms with Gasteiger partial charge < -0.3 is 5.32 Å². The second-order valence-electron chi connectivity index (χ2n) is 5.91. The van der Waals surface area contributed by atoms with Gasteiger partial charge >= 0.3 is 0 Å². The summed E-state index contributed by atoms with van der Waals surface area (Å²) in [6.07, 6.45) is 8.60. The third-order valence-electron chi connectivity index (χ3n) is 3.79. The van der Waals surface area contributed by atoms with Gasteiger partial charge in [0.25, 0.3) is 0 Å². The van der Waals surface area contributed by atoms with Crippen molar-refractivity contribution >= 4 is 0 Å². The summed E-state index contributed by atoms with van der Waals surface area (Å²) < 4.78 is 1.88. The quantitative estimate of drug-likeness (QED) is 0.806. The molecule has 1 aromatic carbocycles. The molecule has 114 valence electrons. The van der Waals surface area contributed by atoms with Crippen LogP contribution in [0.5, 0.6) is 0 Å². The van der Waals surface area contributed by atoms with Gasteiger partial charge in [-0.05, 0) is 50.3 Å². The lowest BCUT2D eigenvalue weighted by Gasteiger charge is -2.18. The summed E-state index contributed by atoms with van der Waals surface area (Å²) in [4.78, 5) is 0. The predicted octanol–water partition coefficient (Wildman–Crippen LogP) is 3.27. The molecule has 0 saturated carbocycles. The van der Waals surface area contributed by atoms with Crippen LogP contribution in [-0.4, -0.2) is 22.4 Å². The van der Waals surface area contributed by atoms with Gasteiger partial charge in [0.15, 0.2) is 0 Å². The molecule has 21 heavy (non-hydrogen) atoms. The molecule has 0 spiro atoms. The summed E-state index contributed by atoms with van der Waals surface area (Å²) in [6.45, 7) is 5.47. The molecule has 1 aromatic heterocycles. The SMILES string of the molecule is CCCNC(CCc1cnn(C)c1)Cc1cccc(C)c1. The molecule has 1 heterocycles. The molecule has 0 aliphatic rings. The monoisotopic (exact) mass is 285 g/mol. The van der Waals surface area contributed by atoms with Gasteiger partial charge in [0.2, 0.25) is 0 Å². The van der Waals surface area contributed by atoms with Crippen LogP contribution >= 0.6 is 0 Å². The predicted molar refractivity (Wildman–Crippen MR) is 88.5 cm³/mol. The Morgan fingerprint density at radius 2 is 2.14 bits per heavy atom. The Bertz CT molecular complexity index is 545. The number of benzene rings is 1. The van der Waals surface area contributed by atoms with Crippen molar-refractivity contribution in [3.05, 3.63) is 53.3 Å². The van der Waals surface area contributed by atoms with Crippen molar-refractivity contribution in [1.29, 1.82) is 0 Å². The average Bonchev–Trinajstić information content (AvgIpc) is 2.87. The molecular formula is C18H27N3. The molecular weight excluding hydrogens is 258 g/mol. The van der Waals surface area contributed by atoms with Gasteiger partial charge in [-0.2, -0.15) is 5.10 Å². The smallest absolute Gasteiger partial charge is 0.0521 e. The zero-order valence-electron chi connectivity index (χ0n) is 13.5. The van der Waals surface area contributed by atoms with Crippen LogP contribution in [0.2, 0.25) is 0 Å². The van der Waals surface area contributed by atoms with E-state index in [0.29, 0.717) is 6.04 Å². The maximum atomic E-state index is 4.25. The molecule has 2 rings (SSSR count). The van der Waals surface area contributed by atoms with Gasteiger partial charge in [-0.25, -0.2) is 0 Å². The Kier molecular flexibility index (Phi) is 6.00. The molecule has 3 heteroatoms. The van der Waals surface area contributed by atoms with Gasteiger partial charge in [0, 0.05) is 19.3 Å². The second-order valence-corrected chi connectivity index (χ2v) is 5.91. The maximum absolute atomic E-state index is 4.25. The van der Waals surface area contributed by atoms with Crippen LogP contribution < -0.4 is 5.32 Å². The highest BCUT2D eigenvalue weighted by molar-refractivity contribution is 5.23. The number of aryl methyl sites for hydroxylation is 3. The van der Waals surface area contributed by atoms with Crippen molar-refractivity contribution in [1.82, 2.24) is 15.1 Å². The summed E-state index contributed by atoms with van der Waals surface area (Å²) in [5.41, 5.74) is 4.09. The van der Waals surface area contributed by atoms with Crippen LogP contribution in [-0.2, 0) is 19.9 Å². The minimum Gasteiger partial charge on any atom is -0.314 e. The number of aromatic nitrogens is 2. The van der Waals surface area contributed by atoms with Crippen LogP contribution in [0, 0.1) is 6.92 Å². The fourth-order valence-electron chi connectivity index (χ4n) is 2.69. The minimum atomic E-state index is 0.534. The first-order valence-electron chi connectivity index (χ1n) is 7.94. The van der Waals surface area contributed by atoms with Crippen molar-refractivity contribution in [3.63, 3.8) is 0 Å². The Morgan fingerprint density at radius 1 is 1.29 bits per heavy atom. The van der Waals surface area contributed by atoms with Crippen LogP contribution in [0.15, 0.2) is 36.7 Å². The van der Waals surface area contributed by atoms with E-state index in [2.05, 4.69) is 54.7 Å². The number of rotatable bonds is 8. The van der Waals surface area contributed by atoms with Crippen molar-refractivity contribution in [2.24, 2.45) is 7.05 Å². The molecule has 1 N–H and O–H groups in total. The Hall–Kier alpha value is -1.61. The van der Waals surface area contributed by atoms with Crippen molar-refractivity contribution in [3.8, 4) is 0 Å². The number of hydrogen-bond donors (Lipinski definition) is 1. The lowest BCUT2D eigenvalue weighted by molar-refractivity contribution is 0.477. The fourth-order valence-corrected chi connectivity index (χ4v) is 2.69. The van der Waals surface area contributed by atoms with Crippen LogP contribution in [0.3, 0.4) is 0 Å². The standard InChI is InChI=1S/C18H27N3/c1-4-10-19-18(9-8-17-13-20-21(3)14-17)12-16-7-5-6-15(2)11-16/h5-7,11,13-14,18-19H,4,8-10,12H2,1-3H3. The van der Waals surface area contributed by atoms with E-state index in [1.54, 1.807) is 0 Å². The normalized spacial score (nSPS) is 12.5. The third-order valence-corrected chi connectivity index (χ3v) is 3.79. The van der Waals surface area contributed by atoms with Gasteiger partial charge in [0.1, 0.15) is 0 Å². The van der Waals surface area contributed by atoms with Gasteiger partial charge in [-0.3, -0.25) is 4.68 Å². The fraction of sp³-hybridized carbons (Fsp3) is 0.500. The highest BCUT2D eigenvalue weighted by atomic mass is 15.2. The first-order chi connectivity index (χ1) is 10.2. The van der Waals surface area contributed by atoms with E-state index < -0.39 is 0 Å². The zero-order valence-corrected chi connectivity index (χ0v) is 13.5. The van der Waals surface area contributed by atoms with E-state index in [9.17, 15) is 0 Å². The minimum absolute atomic E-state index is 0.534. The third kappa shape index (κ3) is 5.35. The second kappa shape index (κ2) is 7.99. The van der Waals surface area contributed by atoms with E-state index in [4.69, 9.17) is 0 Å². The van der Waals surface area contributed by atoms with Crippen LogP contribution in [0.4, 0.5) is 0 Å². The van der Waals surface area contributed by atoms with Crippen molar-refractivity contribution in [2.75, 3.05) is 6.54 Å². The number of nitrogens with one attached hydrogen (secondary N) is 1. The molecule has 0 aliphatic heterocycles. The zero-order chi connectivity index (χ0) is 15.1. The lowest BCUT2D eigenvalue weighted by atomic mass is 9.99. The van der Waals surface area contributed by atoms with E-state index >= 15 is 0 Å². The van der Waals surface area contributed by atoms with Crippen molar-refractivity contribution < 1.29 is 0 Å². The topological polar surface area (TPSA) is 29.9 Å². The molecule has 0 bridgehead atoms. The summed E-state index contributed by atoms with van der Waals surface area (Å²) in [6, 6.07) is 9.38. The van der Waals surface area contributed by atoms with E-state index in [-0.39, 0.29) is 0 Å². The van der Waals surface area contributed by atoms with Gasteiger partial charge in [0.05, 0.1) is 6.20 Å². The molecule has 3 nitrogen and oxygen atoms in total. The molecule has 1 atom stereocenters. The molecule has 0 saturated heterocycles. The highest BCUT2D eigenvalue weighted by Gasteiger charge is 2.10. The summed E-state index contributed by atoms with van der Waals surface area (Å²) in [5, 5.41) is 7.94. The van der Waals surface area contributed by atoms with E-state index in [1.807, 2.05) is 17.9 Å². The molecule has 0 radical (unpaired) electrons. The largest absolute Gasteiger partial charge is 0.314 e. The molecule has 1 unspecified atom stereocenters. The highest BCUT2D eigenvalue weighted by Crippen LogP contribution is 2.11. The Morgan fingerprint density at radius 3 is 2.81 bits per heavy atom. The van der Waals surface area contributed by atoms with Crippen LogP contribution in [0.1, 0.15) is 36.5 Å². The van der Waals surface area contributed by atoms with E-state index in [1.165, 1.54) is 23.1 Å². The Balaban J connectivity index is 1.93. The Labute approximate surface area is 128 Å². The summed E-state index contributed by atoms with van der Waals surface area (Å²) in [5.74, 6) is 0. The molecule has 0 fully saturated rings. The van der Waals surface area contributed by atoms with E-state index in [0.717, 1.165) is 25.8 Å². The molecule has 0 amide bonds. The van der Waals surface area contributed by atoms with Gasteiger partial charge in [-0.1, -0.05) is 36.8 Å². The lowest BCUT2D eigenvalue weighted by Crippen LogP contribution is -2.32.